The molecule has 122 valence electrons. The van der Waals surface area contributed by atoms with Gasteiger partial charge in [0.2, 0.25) is 0 Å². The Morgan fingerprint density at radius 3 is 2.48 bits per heavy atom. The maximum atomic E-state index is 12.0. The van der Waals surface area contributed by atoms with Crippen LogP contribution < -0.4 is 0 Å². The van der Waals surface area contributed by atoms with E-state index in [1.807, 2.05) is 25.1 Å². The average Bonchev–Trinajstić information content (AvgIpc) is 2.67. The number of hydrogen-bond acceptors (Lipinski definition) is 6. The molecule has 0 bridgehead atoms. The Balaban J connectivity index is 2.20. The summed E-state index contributed by atoms with van der Waals surface area (Å²) in [5.74, 6) is -0.478. The molecule has 0 aliphatic heterocycles. The molecule has 0 N–H and O–H groups in total. The highest BCUT2D eigenvalue weighted by atomic mass is 16.5. The molecule has 3 aromatic heterocycles. The molecule has 0 aliphatic carbocycles. The molecular weight excluding hydrogens is 316 g/mol. The number of nitriles is 1. The van der Waals surface area contributed by atoms with Crippen LogP contribution in [0.25, 0.3) is 22.8 Å². The quantitative estimate of drug-likeness (QED) is 0.685. The minimum Gasteiger partial charge on any atom is -0.465 e. The number of aromatic nitrogens is 3. The zero-order valence-corrected chi connectivity index (χ0v) is 13.7. The van der Waals surface area contributed by atoms with Crippen LogP contribution in [0.5, 0.6) is 0 Å². The van der Waals surface area contributed by atoms with Gasteiger partial charge in [0.1, 0.15) is 11.8 Å². The van der Waals surface area contributed by atoms with Crippen LogP contribution in [-0.4, -0.2) is 28.0 Å². The van der Waals surface area contributed by atoms with Crippen molar-refractivity contribution in [1.82, 2.24) is 15.0 Å². The third-order valence-electron chi connectivity index (χ3n) is 3.55. The summed E-state index contributed by atoms with van der Waals surface area (Å²) in [5.41, 5.74) is 3.79. The maximum absolute atomic E-state index is 12.0. The van der Waals surface area contributed by atoms with Gasteiger partial charge in [-0.15, -0.1) is 0 Å². The average molecular weight is 330 g/mol. The number of methoxy groups -OCH3 is 1. The van der Waals surface area contributed by atoms with Crippen LogP contribution in [0.3, 0.4) is 0 Å². The highest BCUT2D eigenvalue weighted by Gasteiger charge is 2.14. The number of nitrogens with zero attached hydrogens (tertiary/aromatic N) is 4. The second kappa shape index (κ2) is 6.89. The van der Waals surface area contributed by atoms with Crippen LogP contribution in [0.2, 0.25) is 0 Å². The summed E-state index contributed by atoms with van der Waals surface area (Å²) in [6.45, 7) is 1.95. The standard InChI is InChI=1S/C19H14N4O2/c1-12-6-7-21-16(8-12)18-10-13(19(24)25-2)9-17(23-18)15-5-3-4-14(11-20)22-15/h3-10H,1-2H3. The van der Waals surface area contributed by atoms with Gasteiger partial charge in [-0.05, 0) is 48.9 Å². The van der Waals surface area contributed by atoms with Gasteiger partial charge in [0, 0.05) is 6.20 Å². The molecule has 0 fully saturated rings. The fourth-order valence-electron chi connectivity index (χ4n) is 2.34. The second-order valence-electron chi connectivity index (χ2n) is 5.36. The van der Waals surface area contributed by atoms with Gasteiger partial charge in [0.15, 0.2) is 0 Å². The molecule has 0 amide bonds. The number of carbonyl (C=O) groups excluding carboxylic acids is 1. The predicted octanol–water partition coefficient (Wildman–Crippen LogP) is 3.17. The van der Waals surface area contributed by atoms with E-state index in [1.165, 1.54) is 7.11 Å². The normalized spacial score (nSPS) is 10.1. The number of pyridine rings is 3. The largest absolute Gasteiger partial charge is 0.465 e. The molecule has 0 atom stereocenters. The van der Waals surface area contributed by atoms with E-state index >= 15 is 0 Å². The SMILES string of the molecule is COC(=O)c1cc(-c2cc(C)ccn2)nc(-c2cccc(C#N)n2)c1. The van der Waals surface area contributed by atoms with Crippen molar-refractivity contribution in [2.75, 3.05) is 7.11 Å². The first-order valence-corrected chi connectivity index (χ1v) is 7.51. The highest BCUT2D eigenvalue weighted by molar-refractivity contribution is 5.91. The lowest BCUT2D eigenvalue weighted by Crippen LogP contribution is -2.04. The van der Waals surface area contributed by atoms with Crippen molar-refractivity contribution >= 4 is 5.97 Å². The number of esters is 1. The van der Waals surface area contributed by atoms with E-state index in [9.17, 15) is 4.79 Å². The second-order valence-corrected chi connectivity index (χ2v) is 5.36. The van der Waals surface area contributed by atoms with Crippen LogP contribution in [0.15, 0.2) is 48.7 Å². The highest BCUT2D eigenvalue weighted by Crippen LogP contribution is 2.24. The monoisotopic (exact) mass is 330 g/mol. The summed E-state index contributed by atoms with van der Waals surface area (Å²) in [5, 5.41) is 9.04. The molecule has 3 aromatic rings. The molecule has 0 spiro atoms. The number of aryl methyl sites for hydroxylation is 1. The lowest BCUT2D eigenvalue weighted by Gasteiger charge is -2.08. The lowest BCUT2D eigenvalue weighted by molar-refractivity contribution is 0.0600. The number of hydrogen-bond donors (Lipinski definition) is 0. The van der Waals surface area contributed by atoms with Gasteiger partial charge in [-0.2, -0.15) is 5.26 Å². The lowest BCUT2D eigenvalue weighted by atomic mass is 10.1. The Hall–Kier alpha value is -3.59. The fourth-order valence-corrected chi connectivity index (χ4v) is 2.34. The number of carbonyl (C=O) groups is 1. The molecule has 0 aliphatic rings. The van der Waals surface area contributed by atoms with Crippen molar-refractivity contribution in [1.29, 1.82) is 5.26 Å². The van der Waals surface area contributed by atoms with Gasteiger partial charge in [0.25, 0.3) is 0 Å². The molecule has 25 heavy (non-hydrogen) atoms. The Morgan fingerprint density at radius 2 is 1.80 bits per heavy atom. The molecule has 0 aromatic carbocycles. The zero-order chi connectivity index (χ0) is 17.8. The van der Waals surface area contributed by atoms with Crippen molar-refractivity contribution in [3.8, 4) is 28.8 Å². The van der Waals surface area contributed by atoms with E-state index in [4.69, 9.17) is 10.00 Å². The van der Waals surface area contributed by atoms with Crippen LogP contribution in [0.1, 0.15) is 21.6 Å². The molecule has 3 heterocycles. The van der Waals surface area contributed by atoms with Crippen molar-refractivity contribution < 1.29 is 9.53 Å². The Bertz CT molecular complexity index is 993. The predicted molar refractivity (Wildman–Crippen MR) is 91.5 cm³/mol. The van der Waals surface area contributed by atoms with Crippen molar-refractivity contribution in [2.24, 2.45) is 0 Å². The first-order chi connectivity index (χ1) is 12.1. The molecule has 6 nitrogen and oxygen atoms in total. The third-order valence-corrected chi connectivity index (χ3v) is 3.55. The fraction of sp³-hybridized carbons (Fsp3) is 0.105. The van der Waals surface area contributed by atoms with E-state index < -0.39 is 5.97 Å². The van der Waals surface area contributed by atoms with E-state index in [2.05, 4.69) is 15.0 Å². The first kappa shape index (κ1) is 16.3. The molecule has 0 saturated carbocycles. The smallest absolute Gasteiger partial charge is 0.338 e. The minimum atomic E-state index is -0.478. The van der Waals surface area contributed by atoms with Gasteiger partial charge in [-0.1, -0.05) is 6.07 Å². The van der Waals surface area contributed by atoms with Crippen molar-refractivity contribution in [2.45, 2.75) is 6.92 Å². The van der Waals surface area contributed by atoms with E-state index in [0.717, 1.165) is 5.56 Å². The van der Waals surface area contributed by atoms with Gasteiger partial charge in [0.05, 0.1) is 35.4 Å². The Morgan fingerprint density at radius 1 is 1.04 bits per heavy atom. The number of rotatable bonds is 3. The van der Waals surface area contributed by atoms with Gasteiger partial charge in [-0.3, -0.25) is 4.98 Å². The molecular formula is C19H14N4O2. The molecule has 0 radical (unpaired) electrons. The van der Waals surface area contributed by atoms with Gasteiger partial charge < -0.3 is 4.74 Å². The van der Waals surface area contributed by atoms with E-state index in [1.54, 1.807) is 36.5 Å². The zero-order valence-electron chi connectivity index (χ0n) is 13.7. The van der Waals surface area contributed by atoms with Crippen LogP contribution in [0.4, 0.5) is 0 Å². The van der Waals surface area contributed by atoms with Crippen LogP contribution in [0, 0.1) is 18.3 Å². The topological polar surface area (TPSA) is 88.8 Å². The first-order valence-electron chi connectivity index (χ1n) is 7.51. The molecule has 0 unspecified atom stereocenters. The summed E-state index contributed by atoms with van der Waals surface area (Å²) in [4.78, 5) is 25.2. The minimum absolute atomic E-state index is 0.276. The summed E-state index contributed by atoms with van der Waals surface area (Å²) >= 11 is 0. The van der Waals surface area contributed by atoms with Gasteiger partial charge in [-0.25, -0.2) is 14.8 Å². The van der Waals surface area contributed by atoms with Crippen LogP contribution >= 0.6 is 0 Å². The molecule has 6 heteroatoms. The Labute approximate surface area is 144 Å². The summed E-state index contributed by atoms with van der Waals surface area (Å²) in [6.07, 6.45) is 1.69. The Kier molecular flexibility index (Phi) is 4.48. The number of ether oxygens (including phenoxy) is 1. The van der Waals surface area contributed by atoms with Crippen LogP contribution in [-0.2, 0) is 4.74 Å². The summed E-state index contributed by atoms with van der Waals surface area (Å²) in [6, 6.07) is 14.0. The molecule has 0 saturated heterocycles. The third kappa shape index (κ3) is 3.51. The van der Waals surface area contributed by atoms with Crippen molar-refractivity contribution in [3.05, 3.63) is 65.5 Å². The van der Waals surface area contributed by atoms with Crippen molar-refractivity contribution in [3.63, 3.8) is 0 Å². The maximum Gasteiger partial charge on any atom is 0.338 e. The van der Waals surface area contributed by atoms with E-state index in [0.29, 0.717) is 28.3 Å². The van der Waals surface area contributed by atoms with Gasteiger partial charge >= 0.3 is 5.97 Å². The van der Waals surface area contributed by atoms with E-state index in [-0.39, 0.29) is 5.69 Å². The summed E-state index contributed by atoms with van der Waals surface area (Å²) < 4.78 is 4.83. The molecule has 3 rings (SSSR count). The summed E-state index contributed by atoms with van der Waals surface area (Å²) in [7, 11) is 1.32.